The van der Waals surface area contributed by atoms with E-state index in [-0.39, 0.29) is 30.4 Å². The number of nitrogens with zero attached hydrogens (tertiary/aromatic N) is 1. The number of hydrogen-bond donors (Lipinski definition) is 4. The first kappa shape index (κ1) is 27.9. The molecule has 3 amide bonds. The summed E-state index contributed by atoms with van der Waals surface area (Å²) in [5.41, 5.74) is 1.73. The number of methoxy groups -OCH3 is 2. The van der Waals surface area contributed by atoms with Crippen LogP contribution in [0.25, 0.3) is 0 Å². The van der Waals surface area contributed by atoms with E-state index < -0.39 is 35.2 Å². The van der Waals surface area contributed by atoms with Gasteiger partial charge in [-0.25, -0.2) is 0 Å². The Labute approximate surface area is 247 Å². The summed E-state index contributed by atoms with van der Waals surface area (Å²) in [6.45, 7) is 1.97. The number of carbonyl (C=O) groups is 3. The van der Waals surface area contributed by atoms with Crippen LogP contribution < -0.4 is 20.1 Å². The smallest absolute Gasteiger partial charge is 0.250 e. The van der Waals surface area contributed by atoms with E-state index >= 15 is 0 Å². The molecule has 0 saturated carbocycles. The minimum atomic E-state index is -1.51. The number of fused-ring (bicyclic) bond motifs is 4. The van der Waals surface area contributed by atoms with Crippen LogP contribution in [0.1, 0.15) is 22.3 Å². The normalized spacial score (nSPS) is 24.2. The zero-order valence-electron chi connectivity index (χ0n) is 23.2. The number of nitrogens with one attached hydrogen (secondary N) is 2. The number of ether oxygens (including phenoxy) is 2. The van der Waals surface area contributed by atoms with Crippen LogP contribution in [0.5, 0.6) is 23.0 Å². The van der Waals surface area contributed by atoms with Crippen molar-refractivity contribution < 1.29 is 34.1 Å². The molecule has 6 rings (SSSR count). The highest BCUT2D eigenvalue weighted by Crippen LogP contribution is 2.55. The van der Waals surface area contributed by atoms with Crippen LogP contribution in [0.15, 0.2) is 48.5 Å². The van der Waals surface area contributed by atoms with E-state index in [2.05, 4.69) is 10.6 Å². The standard InChI is InChI=1S/C31H30ClN3O7/c1-15-10-18-27(19(32)11-15)33-30(40)31(18)26-25(20(34-31)12-17-4-6-21(36)22(37)13-17)28(38)35(29(26)39)9-8-16-5-7-23(41-2)24(14-16)42-3/h4-7,10-11,13-14,20,25-26,34,36-37H,8-9,12H2,1-3H3,(H,33,40). The molecular formula is C31H30ClN3O7. The fraction of sp³-hybridized carbons (Fsp3) is 0.323. The maximum absolute atomic E-state index is 14.2. The molecule has 3 aliphatic heterocycles. The fourth-order valence-electron chi connectivity index (χ4n) is 6.68. The number of benzene rings is 3. The van der Waals surface area contributed by atoms with Gasteiger partial charge in [0, 0.05) is 18.2 Å². The average molecular weight is 592 g/mol. The van der Waals surface area contributed by atoms with Gasteiger partial charge in [-0.2, -0.15) is 0 Å². The average Bonchev–Trinajstić information content (AvgIpc) is 3.54. The molecule has 1 spiro atoms. The maximum Gasteiger partial charge on any atom is 0.250 e. The van der Waals surface area contributed by atoms with Gasteiger partial charge in [0.05, 0.1) is 36.8 Å². The van der Waals surface area contributed by atoms with Gasteiger partial charge in [0.1, 0.15) is 5.54 Å². The van der Waals surface area contributed by atoms with Gasteiger partial charge in [0.15, 0.2) is 23.0 Å². The lowest BCUT2D eigenvalue weighted by molar-refractivity contribution is -0.142. The Balaban J connectivity index is 1.38. The van der Waals surface area contributed by atoms with Crippen molar-refractivity contribution >= 4 is 35.0 Å². The summed E-state index contributed by atoms with van der Waals surface area (Å²) in [5, 5.41) is 26.5. The number of aromatic hydroxyl groups is 2. The predicted molar refractivity (Wildman–Crippen MR) is 154 cm³/mol. The predicted octanol–water partition coefficient (Wildman–Crippen LogP) is 3.28. The molecule has 3 aliphatic rings. The molecule has 4 unspecified atom stereocenters. The number of halogens is 1. The summed E-state index contributed by atoms with van der Waals surface area (Å²) < 4.78 is 10.7. The summed E-state index contributed by atoms with van der Waals surface area (Å²) in [5.74, 6) is -2.57. The molecule has 3 aromatic carbocycles. The van der Waals surface area contributed by atoms with Crippen molar-refractivity contribution in [3.8, 4) is 23.0 Å². The van der Waals surface area contributed by atoms with Gasteiger partial charge in [-0.3, -0.25) is 24.6 Å². The summed E-state index contributed by atoms with van der Waals surface area (Å²) in [7, 11) is 3.08. The Morgan fingerprint density at radius 2 is 1.67 bits per heavy atom. The molecular weight excluding hydrogens is 562 g/mol. The van der Waals surface area contributed by atoms with Gasteiger partial charge in [0.2, 0.25) is 17.7 Å². The van der Waals surface area contributed by atoms with E-state index in [0.717, 1.165) is 11.1 Å². The van der Waals surface area contributed by atoms with Gasteiger partial charge in [-0.15, -0.1) is 0 Å². The third-order valence-corrected chi connectivity index (χ3v) is 8.88. The third-order valence-electron chi connectivity index (χ3n) is 8.58. The monoisotopic (exact) mass is 591 g/mol. The minimum Gasteiger partial charge on any atom is -0.504 e. The molecule has 4 N–H and O–H groups in total. The van der Waals surface area contributed by atoms with Crippen LogP contribution in [0.4, 0.5) is 5.69 Å². The van der Waals surface area contributed by atoms with Gasteiger partial charge in [-0.1, -0.05) is 29.8 Å². The van der Waals surface area contributed by atoms with Crippen molar-refractivity contribution in [1.82, 2.24) is 10.2 Å². The molecule has 2 saturated heterocycles. The fourth-order valence-corrected chi connectivity index (χ4v) is 7.00. The van der Waals surface area contributed by atoms with E-state index in [1.165, 1.54) is 24.1 Å². The second-order valence-corrected chi connectivity index (χ2v) is 11.4. The second kappa shape index (κ2) is 10.2. The molecule has 0 aliphatic carbocycles. The quantitative estimate of drug-likeness (QED) is 0.243. The van der Waals surface area contributed by atoms with Gasteiger partial charge >= 0.3 is 0 Å². The molecule has 3 heterocycles. The molecule has 11 heteroatoms. The number of likely N-dealkylation sites (tertiary alicyclic amines) is 1. The van der Waals surface area contributed by atoms with Crippen molar-refractivity contribution in [1.29, 1.82) is 0 Å². The number of rotatable bonds is 7. The van der Waals surface area contributed by atoms with E-state index in [4.69, 9.17) is 21.1 Å². The van der Waals surface area contributed by atoms with Crippen molar-refractivity contribution in [3.05, 3.63) is 75.8 Å². The summed E-state index contributed by atoms with van der Waals surface area (Å²) in [4.78, 5) is 43.3. The summed E-state index contributed by atoms with van der Waals surface area (Å²) in [6, 6.07) is 12.8. The van der Waals surface area contributed by atoms with Crippen LogP contribution in [-0.2, 0) is 32.8 Å². The highest BCUT2D eigenvalue weighted by Gasteiger charge is 2.70. The molecule has 0 bridgehead atoms. The number of phenolic OH excluding ortho intramolecular Hbond substituents is 2. The topological polar surface area (TPSA) is 137 Å². The Morgan fingerprint density at radius 3 is 2.38 bits per heavy atom. The number of amides is 3. The zero-order chi connectivity index (χ0) is 29.9. The van der Waals surface area contributed by atoms with Gasteiger partial charge in [0.25, 0.3) is 0 Å². The largest absolute Gasteiger partial charge is 0.504 e. The van der Waals surface area contributed by atoms with Crippen molar-refractivity contribution in [2.45, 2.75) is 31.3 Å². The minimum absolute atomic E-state index is 0.117. The van der Waals surface area contributed by atoms with Crippen molar-refractivity contribution in [2.75, 3.05) is 26.1 Å². The number of aryl methyl sites for hydroxylation is 1. The van der Waals surface area contributed by atoms with Crippen LogP contribution >= 0.6 is 11.6 Å². The highest BCUT2D eigenvalue weighted by atomic mass is 35.5. The van der Waals surface area contributed by atoms with E-state index in [0.29, 0.717) is 39.8 Å². The SMILES string of the molecule is COc1ccc(CCN2C(=O)C3C(Cc4ccc(O)c(O)c4)NC4(C(=O)Nc5c(Cl)cc(C)cc54)C3C2=O)cc1OC. The van der Waals surface area contributed by atoms with E-state index in [9.17, 15) is 24.6 Å². The number of phenols is 2. The third kappa shape index (κ3) is 4.16. The van der Waals surface area contributed by atoms with Crippen LogP contribution in [-0.4, -0.2) is 59.6 Å². The Morgan fingerprint density at radius 1 is 0.929 bits per heavy atom. The van der Waals surface area contributed by atoms with E-state index in [1.807, 2.05) is 19.1 Å². The van der Waals surface area contributed by atoms with E-state index in [1.54, 1.807) is 31.4 Å². The van der Waals surface area contributed by atoms with Gasteiger partial charge < -0.3 is 25.0 Å². The molecule has 4 atom stereocenters. The zero-order valence-corrected chi connectivity index (χ0v) is 24.0. The van der Waals surface area contributed by atoms with Crippen molar-refractivity contribution in [2.24, 2.45) is 11.8 Å². The number of carbonyl (C=O) groups excluding carboxylic acids is 3. The lowest BCUT2D eigenvalue weighted by atomic mass is 9.76. The molecule has 42 heavy (non-hydrogen) atoms. The lowest BCUT2D eigenvalue weighted by Crippen LogP contribution is -2.53. The van der Waals surface area contributed by atoms with Crippen LogP contribution in [0, 0.1) is 18.8 Å². The first-order valence-electron chi connectivity index (χ1n) is 13.6. The Hall–Kier alpha value is -4.28. The number of imide groups is 1. The molecule has 10 nitrogen and oxygen atoms in total. The maximum atomic E-state index is 14.2. The highest BCUT2D eigenvalue weighted by molar-refractivity contribution is 6.35. The first-order valence-corrected chi connectivity index (χ1v) is 13.9. The molecule has 3 aromatic rings. The summed E-state index contributed by atoms with van der Waals surface area (Å²) in [6.07, 6.45) is 0.601. The lowest BCUT2D eigenvalue weighted by Gasteiger charge is -2.30. The second-order valence-electron chi connectivity index (χ2n) is 11.0. The number of anilines is 1. The molecule has 0 radical (unpaired) electrons. The van der Waals surface area contributed by atoms with Gasteiger partial charge in [-0.05, 0) is 66.8 Å². The summed E-state index contributed by atoms with van der Waals surface area (Å²) >= 11 is 6.53. The van der Waals surface area contributed by atoms with Crippen molar-refractivity contribution in [3.63, 3.8) is 0 Å². The molecule has 218 valence electrons. The Bertz CT molecular complexity index is 1640. The molecule has 2 fully saturated rings. The van der Waals surface area contributed by atoms with Crippen LogP contribution in [0.3, 0.4) is 0 Å². The first-order chi connectivity index (χ1) is 20.1. The van der Waals surface area contributed by atoms with Crippen LogP contribution in [0.2, 0.25) is 5.02 Å². The number of hydrogen-bond acceptors (Lipinski definition) is 8. The molecule has 0 aromatic heterocycles. The Kier molecular flexibility index (Phi) is 6.78.